The Labute approximate surface area is 152 Å². The molecule has 0 aliphatic heterocycles. The van der Waals surface area contributed by atoms with Crippen molar-refractivity contribution >= 4 is 0 Å². The number of aryl methyl sites for hydroxylation is 2. The molecule has 3 rings (SSSR count). The predicted molar refractivity (Wildman–Crippen MR) is 104 cm³/mol. The summed E-state index contributed by atoms with van der Waals surface area (Å²) in [5.74, 6) is 0.483. The van der Waals surface area contributed by atoms with Crippen molar-refractivity contribution in [3.63, 3.8) is 0 Å². The number of phenols is 1. The van der Waals surface area contributed by atoms with Gasteiger partial charge in [-0.05, 0) is 81.8 Å². The van der Waals surface area contributed by atoms with E-state index in [0.717, 1.165) is 32.4 Å². The van der Waals surface area contributed by atoms with Crippen LogP contribution < -0.4 is 0 Å². The summed E-state index contributed by atoms with van der Waals surface area (Å²) in [6.45, 7) is 10.1. The van der Waals surface area contributed by atoms with E-state index in [4.69, 9.17) is 0 Å². The monoisotopic (exact) mass is 340 g/mol. The first-order chi connectivity index (χ1) is 12.1. The SMILES string of the molecule is CCCN(CCCn1c(C)ccc1C)C1CCc2c(O)cccc2C1. The van der Waals surface area contributed by atoms with Gasteiger partial charge in [0, 0.05) is 30.5 Å². The molecule has 2 aromatic rings. The molecular formula is C22H32N2O. The Morgan fingerprint density at radius 1 is 1.12 bits per heavy atom. The van der Waals surface area contributed by atoms with E-state index in [1.807, 2.05) is 12.1 Å². The van der Waals surface area contributed by atoms with E-state index in [1.165, 1.54) is 41.9 Å². The van der Waals surface area contributed by atoms with Crippen LogP contribution in [0.5, 0.6) is 5.75 Å². The quantitative estimate of drug-likeness (QED) is 0.805. The summed E-state index contributed by atoms with van der Waals surface area (Å²) in [5.41, 5.74) is 5.24. The molecule has 1 unspecified atom stereocenters. The number of fused-ring (bicyclic) bond motifs is 1. The van der Waals surface area contributed by atoms with E-state index in [2.05, 4.69) is 48.4 Å². The minimum Gasteiger partial charge on any atom is -0.508 e. The highest BCUT2D eigenvalue weighted by Gasteiger charge is 2.25. The molecule has 0 spiro atoms. The third-order valence-electron chi connectivity index (χ3n) is 5.70. The summed E-state index contributed by atoms with van der Waals surface area (Å²) in [5, 5.41) is 10.1. The fraction of sp³-hybridized carbons (Fsp3) is 0.545. The summed E-state index contributed by atoms with van der Waals surface area (Å²) >= 11 is 0. The molecule has 1 aliphatic rings. The van der Waals surface area contributed by atoms with Gasteiger partial charge < -0.3 is 9.67 Å². The Bertz CT molecular complexity index is 685. The van der Waals surface area contributed by atoms with E-state index in [9.17, 15) is 5.11 Å². The summed E-state index contributed by atoms with van der Waals surface area (Å²) in [6, 6.07) is 11.0. The maximum absolute atomic E-state index is 10.1. The van der Waals surface area contributed by atoms with Crippen LogP contribution in [-0.2, 0) is 19.4 Å². The second-order valence-corrected chi connectivity index (χ2v) is 7.47. The minimum absolute atomic E-state index is 0.483. The van der Waals surface area contributed by atoms with Gasteiger partial charge in [-0.2, -0.15) is 0 Å². The van der Waals surface area contributed by atoms with Gasteiger partial charge in [0.15, 0.2) is 0 Å². The number of phenolic OH excluding ortho intramolecular Hbond substituents is 1. The molecule has 0 radical (unpaired) electrons. The standard InChI is InChI=1S/C22H32N2O/c1-4-13-23(14-6-15-24-17(2)9-10-18(24)3)20-11-12-21-19(16-20)7-5-8-22(21)25/h5,7-10,20,25H,4,6,11-16H2,1-3H3. The highest BCUT2D eigenvalue weighted by molar-refractivity contribution is 5.41. The van der Waals surface area contributed by atoms with Crippen LogP contribution in [0.15, 0.2) is 30.3 Å². The number of hydrogen-bond donors (Lipinski definition) is 1. The molecule has 1 aromatic heterocycles. The number of rotatable bonds is 7. The van der Waals surface area contributed by atoms with Crippen LogP contribution in [-0.4, -0.2) is 33.7 Å². The Hall–Kier alpha value is -1.74. The van der Waals surface area contributed by atoms with Crippen LogP contribution >= 0.6 is 0 Å². The molecule has 0 saturated carbocycles. The Morgan fingerprint density at radius 2 is 1.88 bits per heavy atom. The van der Waals surface area contributed by atoms with Crippen molar-refractivity contribution in [2.24, 2.45) is 0 Å². The normalized spacial score (nSPS) is 17.0. The third-order valence-corrected chi connectivity index (χ3v) is 5.70. The maximum atomic E-state index is 10.1. The second kappa shape index (κ2) is 8.09. The molecule has 1 heterocycles. The number of aromatic hydroxyl groups is 1. The van der Waals surface area contributed by atoms with Crippen molar-refractivity contribution in [1.82, 2.24) is 9.47 Å². The molecule has 0 saturated heterocycles. The predicted octanol–water partition coefficient (Wildman–Crippen LogP) is 4.47. The van der Waals surface area contributed by atoms with Gasteiger partial charge in [0.25, 0.3) is 0 Å². The molecule has 0 amide bonds. The van der Waals surface area contributed by atoms with Crippen molar-refractivity contribution < 1.29 is 5.11 Å². The third kappa shape index (κ3) is 4.09. The zero-order valence-electron chi connectivity index (χ0n) is 16.0. The average Bonchev–Trinajstić information content (AvgIpc) is 2.93. The van der Waals surface area contributed by atoms with E-state index >= 15 is 0 Å². The van der Waals surface area contributed by atoms with Crippen LogP contribution in [0.25, 0.3) is 0 Å². The summed E-state index contributed by atoms with van der Waals surface area (Å²) < 4.78 is 2.43. The lowest BCUT2D eigenvalue weighted by Gasteiger charge is -2.35. The van der Waals surface area contributed by atoms with Gasteiger partial charge in [-0.3, -0.25) is 4.90 Å². The van der Waals surface area contributed by atoms with Gasteiger partial charge in [-0.1, -0.05) is 19.1 Å². The topological polar surface area (TPSA) is 28.4 Å². The Morgan fingerprint density at radius 3 is 2.60 bits per heavy atom. The van der Waals surface area contributed by atoms with Gasteiger partial charge in [0.2, 0.25) is 0 Å². The van der Waals surface area contributed by atoms with Crippen LogP contribution in [0, 0.1) is 13.8 Å². The molecule has 0 fully saturated rings. The number of nitrogens with zero attached hydrogens (tertiary/aromatic N) is 2. The van der Waals surface area contributed by atoms with Crippen LogP contribution in [0.2, 0.25) is 0 Å². The van der Waals surface area contributed by atoms with E-state index in [-0.39, 0.29) is 0 Å². The Balaban J connectivity index is 1.61. The molecule has 1 aromatic carbocycles. The van der Waals surface area contributed by atoms with Gasteiger partial charge in [-0.15, -0.1) is 0 Å². The van der Waals surface area contributed by atoms with E-state index in [0.29, 0.717) is 11.8 Å². The first-order valence-electron chi connectivity index (χ1n) is 9.76. The zero-order chi connectivity index (χ0) is 17.8. The summed E-state index contributed by atoms with van der Waals surface area (Å²) in [6.07, 6.45) is 5.63. The first kappa shape index (κ1) is 18.1. The van der Waals surface area contributed by atoms with Crippen molar-refractivity contribution in [3.05, 3.63) is 52.8 Å². The lowest BCUT2D eigenvalue weighted by molar-refractivity contribution is 0.174. The van der Waals surface area contributed by atoms with Crippen molar-refractivity contribution in [2.45, 2.75) is 65.5 Å². The van der Waals surface area contributed by atoms with Gasteiger partial charge in [0.1, 0.15) is 5.75 Å². The maximum Gasteiger partial charge on any atom is 0.119 e. The highest BCUT2D eigenvalue weighted by atomic mass is 16.3. The number of benzene rings is 1. The van der Waals surface area contributed by atoms with Crippen molar-refractivity contribution in [2.75, 3.05) is 13.1 Å². The molecule has 136 valence electrons. The molecule has 25 heavy (non-hydrogen) atoms. The molecule has 1 N–H and O–H groups in total. The van der Waals surface area contributed by atoms with Crippen LogP contribution in [0.3, 0.4) is 0 Å². The Kier molecular flexibility index (Phi) is 5.85. The van der Waals surface area contributed by atoms with E-state index < -0.39 is 0 Å². The first-order valence-corrected chi connectivity index (χ1v) is 9.76. The molecule has 3 nitrogen and oxygen atoms in total. The molecule has 1 aliphatic carbocycles. The van der Waals surface area contributed by atoms with Crippen molar-refractivity contribution in [1.29, 1.82) is 0 Å². The second-order valence-electron chi connectivity index (χ2n) is 7.47. The lowest BCUT2D eigenvalue weighted by atomic mass is 9.86. The fourth-order valence-electron chi connectivity index (χ4n) is 4.33. The van der Waals surface area contributed by atoms with Crippen LogP contribution in [0.1, 0.15) is 48.7 Å². The van der Waals surface area contributed by atoms with Gasteiger partial charge in [-0.25, -0.2) is 0 Å². The summed E-state index contributed by atoms with van der Waals surface area (Å²) in [4.78, 5) is 2.68. The lowest BCUT2D eigenvalue weighted by Crippen LogP contribution is -2.40. The summed E-state index contributed by atoms with van der Waals surface area (Å²) in [7, 11) is 0. The largest absolute Gasteiger partial charge is 0.508 e. The fourth-order valence-corrected chi connectivity index (χ4v) is 4.33. The zero-order valence-corrected chi connectivity index (χ0v) is 16.0. The molecular weight excluding hydrogens is 308 g/mol. The average molecular weight is 341 g/mol. The van der Waals surface area contributed by atoms with Crippen LogP contribution in [0.4, 0.5) is 0 Å². The van der Waals surface area contributed by atoms with Gasteiger partial charge in [0.05, 0.1) is 0 Å². The van der Waals surface area contributed by atoms with Gasteiger partial charge >= 0.3 is 0 Å². The molecule has 3 heteroatoms. The molecule has 0 bridgehead atoms. The number of aromatic nitrogens is 1. The van der Waals surface area contributed by atoms with E-state index in [1.54, 1.807) is 0 Å². The van der Waals surface area contributed by atoms with Crippen molar-refractivity contribution in [3.8, 4) is 5.75 Å². The molecule has 1 atom stereocenters. The highest BCUT2D eigenvalue weighted by Crippen LogP contribution is 2.30. The number of hydrogen-bond acceptors (Lipinski definition) is 2. The smallest absolute Gasteiger partial charge is 0.119 e. The minimum atomic E-state index is 0.483.